The molecule has 0 aliphatic heterocycles. The van der Waals surface area contributed by atoms with Crippen LogP contribution in [0.3, 0.4) is 0 Å². The van der Waals surface area contributed by atoms with Gasteiger partial charge in [0, 0.05) is 18.4 Å². The highest BCUT2D eigenvalue weighted by atomic mass is 19.4. The number of aliphatic hydroxyl groups excluding tert-OH is 1. The first-order chi connectivity index (χ1) is 17.2. The first-order valence-electron chi connectivity index (χ1n) is 11.6. The van der Waals surface area contributed by atoms with Crippen LogP contribution in [0.1, 0.15) is 36.6 Å². The third-order valence-corrected chi connectivity index (χ3v) is 6.13. The lowest BCUT2D eigenvalue weighted by atomic mass is 9.80. The summed E-state index contributed by atoms with van der Waals surface area (Å²) in [5, 5.41) is 13.5. The number of halogens is 3. The summed E-state index contributed by atoms with van der Waals surface area (Å²) >= 11 is 0. The van der Waals surface area contributed by atoms with E-state index >= 15 is 0 Å². The maximum atomic E-state index is 13.4. The van der Waals surface area contributed by atoms with Gasteiger partial charge in [0.1, 0.15) is 5.41 Å². The van der Waals surface area contributed by atoms with E-state index in [0.29, 0.717) is 41.7 Å². The summed E-state index contributed by atoms with van der Waals surface area (Å²) in [6, 6.07) is 16.0. The molecule has 0 spiro atoms. The Kier molecular flexibility index (Phi) is 7.40. The topological polar surface area (TPSA) is 76.7 Å². The molecule has 0 saturated carbocycles. The highest BCUT2D eigenvalue weighted by Crippen LogP contribution is 2.34. The number of alkyl halides is 3. The number of fused-ring (bicyclic) bond motifs is 1. The van der Waals surface area contributed by atoms with Gasteiger partial charge in [-0.15, -0.1) is 0 Å². The van der Waals surface area contributed by atoms with Gasteiger partial charge in [-0.3, -0.25) is 4.79 Å². The standard InChI is InChI=1S/C27H26F3N3O3/c1-26(17-19-7-3-2-4-8-19,25(35)36-16-6-5-15-34)23-13-14-31-24-22(18-32-33(23)24)20-9-11-21(12-10-20)27(28,29)30/h2-4,7-14,18,34H,5-6,15-17H2,1H3/t26-/m1/s1. The fraction of sp³-hybridized carbons (Fsp3) is 0.296. The van der Waals surface area contributed by atoms with Gasteiger partial charge in [-0.2, -0.15) is 18.3 Å². The monoisotopic (exact) mass is 497 g/mol. The average Bonchev–Trinajstić information content (AvgIpc) is 3.31. The van der Waals surface area contributed by atoms with Crippen molar-refractivity contribution in [2.24, 2.45) is 0 Å². The van der Waals surface area contributed by atoms with Gasteiger partial charge in [-0.1, -0.05) is 42.5 Å². The first kappa shape index (κ1) is 25.4. The van der Waals surface area contributed by atoms with E-state index in [1.54, 1.807) is 23.7 Å². The molecule has 188 valence electrons. The normalized spacial score (nSPS) is 13.5. The third kappa shape index (κ3) is 5.26. The molecule has 4 aromatic rings. The van der Waals surface area contributed by atoms with Crippen molar-refractivity contribution < 1.29 is 27.8 Å². The maximum Gasteiger partial charge on any atom is 0.416 e. The molecule has 0 unspecified atom stereocenters. The van der Waals surface area contributed by atoms with Crippen molar-refractivity contribution in [3.8, 4) is 11.1 Å². The van der Waals surface area contributed by atoms with E-state index in [2.05, 4.69) is 10.1 Å². The Morgan fingerprint density at radius 2 is 1.75 bits per heavy atom. The number of hydrogen-bond acceptors (Lipinski definition) is 5. The molecule has 0 aliphatic carbocycles. The van der Waals surface area contributed by atoms with Gasteiger partial charge in [0.05, 0.1) is 24.1 Å². The van der Waals surface area contributed by atoms with Crippen molar-refractivity contribution in [2.75, 3.05) is 13.2 Å². The van der Waals surface area contributed by atoms with Crippen LogP contribution < -0.4 is 0 Å². The molecule has 0 aliphatic rings. The molecule has 6 nitrogen and oxygen atoms in total. The van der Waals surface area contributed by atoms with Crippen molar-refractivity contribution in [3.05, 3.63) is 89.9 Å². The van der Waals surface area contributed by atoms with Gasteiger partial charge in [0.15, 0.2) is 5.65 Å². The summed E-state index contributed by atoms with van der Waals surface area (Å²) < 4.78 is 46.2. The number of aromatic nitrogens is 3. The lowest BCUT2D eigenvalue weighted by molar-refractivity contribution is -0.150. The van der Waals surface area contributed by atoms with Crippen LogP contribution in [0.2, 0.25) is 0 Å². The fourth-order valence-electron chi connectivity index (χ4n) is 4.16. The lowest BCUT2D eigenvalue weighted by Crippen LogP contribution is -2.39. The number of carbonyl (C=O) groups is 1. The van der Waals surface area contributed by atoms with Gasteiger partial charge in [-0.05, 0) is 55.5 Å². The van der Waals surface area contributed by atoms with Crippen molar-refractivity contribution >= 4 is 11.6 Å². The zero-order chi connectivity index (χ0) is 25.8. The van der Waals surface area contributed by atoms with Crippen molar-refractivity contribution in [3.63, 3.8) is 0 Å². The Hall–Kier alpha value is -3.72. The number of carbonyl (C=O) groups excluding carboxylic acids is 1. The molecule has 2 aromatic heterocycles. The Bertz CT molecular complexity index is 1320. The van der Waals surface area contributed by atoms with E-state index < -0.39 is 23.1 Å². The minimum atomic E-state index is -4.43. The second kappa shape index (κ2) is 10.5. The number of benzene rings is 2. The molecule has 1 N–H and O–H groups in total. The summed E-state index contributed by atoms with van der Waals surface area (Å²) in [4.78, 5) is 17.8. The van der Waals surface area contributed by atoms with Crippen LogP contribution in [0.4, 0.5) is 13.2 Å². The van der Waals surface area contributed by atoms with E-state index in [0.717, 1.165) is 17.7 Å². The number of aliphatic hydroxyl groups is 1. The highest BCUT2D eigenvalue weighted by molar-refractivity contribution is 5.84. The van der Waals surface area contributed by atoms with E-state index in [4.69, 9.17) is 9.84 Å². The molecule has 4 rings (SSSR count). The number of ether oxygens (including phenoxy) is 1. The van der Waals surface area contributed by atoms with Gasteiger partial charge in [0.2, 0.25) is 0 Å². The van der Waals surface area contributed by atoms with Crippen LogP contribution in [-0.2, 0) is 27.5 Å². The molecule has 2 heterocycles. The van der Waals surface area contributed by atoms with Crippen LogP contribution >= 0.6 is 0 Å². The molecular formula is C27H26F3N3O3. The smallest absolute Gasteiger partial charge is 0.416 e. The summed E-state index contributed by atoms with van der Waals surface area (Å²) in [6.07, 6.45) is 0.0579. The SMILES string of the molecule is C[C@](Cc1ccccc1)(C(=O)OCCCCO)c1ccnc2c(-c3ccc(C(F)(F)F)cc3)cnn12. The van der Waals surface area contributed by atoms with E-state index in [-0.39, 0.29) is 13.2 Å². The minimum Gasteiger partial charge on any atom is -0.465 e. The molecular weight excluding hydrogens is 471 g/mol. The Morgan fingerprint density at radius 1 is 1.03 bits per heavy atom. The maximum absolute atomic E-state index is 13.4. The second-order valence-corrected chi connectivity index (χ2v) is 8.76. The summed E-state index contributed by atoms with van der Waals surface area (Å²) in [6.45, 7) is 1.97. The first-order valence-corrected chi connectivity index (χ1v) is 11.6. The number of hydrogen-bond donors (Lipinski definition) is 1. The zero-order valence-corrected chi connectivity index (χ0v) is 19.7. The number of esters is 1. The molecule has 0 saturated heterocycles. The van der Waals surface area contributed by atoms with Crippen LogP contribution in [0, 0.1) is 0 Å². The molecule has 9 heteroatoms. The van der Waals surface area contributed by atoms with Gasteiger partial charge < -0.3 is 9.84 Å². The number of rotatable bonds is 9. The molecule has 1 atom stereocenters. The molecule has 0 amide bonds. The predicted octanol–water partition coefficient (Wildman–Crippen LogP) is 5.23. The largest absolute Gasteiger partial charge is 0.465 e. The van der Waals surface area contributed by atoms with E-state index in [1.165, 1.54) is 18.3 Å². The molecule has 36 heavy (non-hydrogen) atoms. The van der Waals surface area contributed by atoms with Crippen molar-refractivity contribution in [1.82, 2.24) is 14.6 Å². The lowest BCUT2D eigenvalue weighted by Gasteiger charge is -2.28. The number of nitrogens with zero attached hydrogens (tertiary/aromatic N) is 3. The van der Waals surface area contributed by atoms with Crippen molar-refractivity contribution in [2.45, 2.75) is 37.8 Å². The van der Waals surface area contributed by atoms with Crippen LogP contribution in [0.15, 0.2) is 73.1 Å². The van der Waals surface area contributed by atoms with E-state index in [9.17, 15) is 18.0 Å². The molecule has 2 aromatic carbocycles. The van der Waals surface area contributed by atoms with Crippen LogP contribution in [-0.4, -0.2) is 38.9 Å². The summed E-state index contributed by atoms with van der Waals surface area (Å²) in [7, 11) is 0. The van der Waals surface area contributed by atoms with Crippen LogP contribution in [0.25, 0.3) is 16.8 Å². The average molecular weight is 498 g/mol. The molecule has 0 radical (unpaired) electrons. The fourth-order valence-corrected chi connectivity index (χ4v) is 4.16. The summed E-state index contributed by atoms with van der Waals surface area (Å²) in [5.74, 6) is -0.441. The molecule has 0 bridgehead atoms. The Balaban J connectivity index is 1.75. The number of unbranched alkanes of at least 4 members (excludes halogenated alkanes) is 1. The highest BCUT2D eigenvalue weighted by Gasteiger charge is 2.40. The predicted molar refractivity (Wildman–Crippen MR) is 128 cm³/mol. The minimum absolute atomic E-state index is 0.0177. The van der Waals surface area contributed by atoms with Gasteiger partial charge >= 0.3 is 12.1 Å². The van der Waals surface area contributed by atoms with Crippen molar-refractivity contribution in [1.29, 1.82) is 0 Å². The van der Waals surface area contributed by atoms with E-state index in [1.807, 2.05) is 30.3 Å². The third-order valence-electron chi connectivity index (χ3n) is 6.13. The Labute approximate surface area is 206 Å². The Morgan fingerprint density at radius 3 is 2.42 bits per heavy atom. The van der Waals surface area contributed by atoms with Gasteiger partial charge in [-0.25, -0.2) is 9.50 Å². The quantitative estimate of drug-likeness (QED) is 0.253. The zero-order valence-electron chi connectivity index (χ0n) is 19.7. The van der Waals surface area contributed by atoms with Crippen LogP contribution in [0.5, 0.6) is 0 Å². The summed E-state index contributed by atoms with van der Waals surface area (Å²) in [5.41, 5.74) is 1.08. The second-order valence-electron chi connectivity index (χ2n) is 8.76. The van der Waals surface area contributed by atoms with Gasteiger partial charge in [0.25, 0.3) is 0 Å². The molecule has 0 fully saturated rings.